The van der Waals surface area contributed by atoms with E-state index in [1.165, 1.54) is 17.1 Å². The molecule has 2 unspecified atom stereocenters. The number of rotatable bonds is 6. The van der Waals surface area contributed by atoms with Gasteiger partial charge in [0.25, 0.3) is 5.91 Å². The summed E-state index contributed by atoms with van der Waals surface area (Å²) in [6.45, 7) is 2.56. The number of amides is 1. The second-order valence-corrected chi connectivity index (χ2v) is 8.02. The molecule has 0 radical (unpaired) electrons. The highest BCUT2D eigenvalue weighted by Crippen LogP contribution is 2.31. The van der Waals surface area contributed by atoms with Crippen molar-refractivity contribution in [2.24, 2.45) is 5.10 Å². The molecular formula is C22H20ClFN6O3. The second kappa shape index (κ2) is 8.80. The number of ether oxygens (including phenoxy) is 1. The van der Waals surface area contributed by atoms with Crippen LogP contribution in [0.3, 0.4) is 0 Å². The van der Waals surface area contributed by atoms with E-state index in [2.05, 4.69) is 20.7 Å². The molecule has 1 aromatic heterocycles. The predicted molar refractivity (Wildman–Crippen MR) is 117 cm³/mol. The van der Waals surface area contributed by atoms with Crippen LogP contribution in [0.5, 0.6) is 5.75 Å². The van der Waals surface area contributed by atoms with Crippen LogP contribution in [0.1, 0.15) is 30.8 Å². The molecule has 0 saturated carbocycles. The number of hydrazine groups is 1. The molecule has 3 heterocycles. The third kappa shape index (κ3) is 4.27. The van der Waals surface area contributed by atoms with E-state index < -0.39 is 11.9 Å². The minimum Gasteiger partial charge on any atom is -0.494 e. The van der Waals surface area contributed by atoms with Crippen LogP contribution in [-0.2, 0) is 11.3 Å². The Morgan fingerprint density at radius 3 is 2.85 bits per heavy atom. The smallest absolute Gasteiger partial charge is 0.267 e. The lowest BCUT2D eigenvalue weighted by Gasteiger charge is -2.29. The number of hydrazone groups is 1. The van der Waals surface area contributed by atoms with Gasteiger partial charge in [-0.25, -0.2) is 14.8 Å². The topological polar surface area (TPSA) is 96.1 Å². The van der Waals surface area contributed by atoms with Gasteiger partial charge in [-0.1, -0.05) is 28.9 Å². The zero-order chi connectivity index (χ0) is 22.9. The normalized spacial score (nSPS) is 19.8. The van der Waals surface area contributed by atoms with E-state index >= 15 is 0 Å². The molecule has 2 aliphatic rings. The van der Waals surface area contributed by atoms with E-state index in [1.54, 1.807) is 17.4 Å². The number of carbonyl (C=O) groups excluding carboxylic acids is 1. The van der Waals surface area contributed by atoms with Gasteiger partial charge in [0, 0.05) is 5.56 Å². The van der Waals surface area contributed by atoms with Crippen LogP contribution in [-0.4, -0.2) is 45.1 Å². The van der Waals surface area contributed by atoms with Gasteiger partial charge in [0.05, 0.1) is 17.7 Å². The molecule has 11 heteroatoms. The first kappa shape index (κ1) is 21.4. The highest BCUT2D eigenvalue weighted by atomic mass is 35.5. The van der Waals surface area contributed by atoms with E-state index in [-0.39, 0.29) is 35.2 Å². The average molecular weight is 471 g/mol. The van der Waals surface area contributed by atoms with E-state index in [1.807, 2.05) is 31.2 Å². The van der Waals surface area contributed by atoms with Crippen LogP contribution in [0.15, 0.2) is 52.1 Å². The Morgan fingerprint density at radius 2 is 2.09 bits per heavy atom. The van der Waals surface area contributed by atoms with Crippen molar-refractivity contribution in [3.05, 3.63) is 64.8 Å². The van der Waals surface area contributed by atoms with Gasteiger partial charge in [0.2, 0.25) is 11.7 Å². The lowest BCUT2D eigenvalue weighted by Crippen LogP contribution is -2.50. The van der Waals surface area contributed by atoms with Crippen molar-refractivity contribution in [2.75, 3.05) is 6.61 Å². The van der Waals surface area contributed by atoms with Crippen molar-refractivity contribution in [3.8, 4) is 17.1 Å². The molecule has 9 nitrogen and oxygen atoms in total. The number of halogens is 2. The zero-order valence-electron chi connectivity index (χ0n) is 17.6. The van der Waals surface area contributed by atoms with Crippen molar-refractivity contribution < 1.29 is 18.4 Å². The number of hydrogen-bond acceptors (Lipinski definition) is 8. The molecule has 1 amide bonds. The number of nitrogens with one attached hydrogen (secondary N) is 1. The van der Waals surface area contributed by atoms with Gasteiger partial charge in [0.15, 0.2) is 0 Å². The Kier molecular flexibility index (Phi) is 5.69. The van der Waals surface area contributed by atoms with Crippen molar-refractivity contribution in [1.82, 2.24) is 25.6 Å². The summed E-state index contributed by atoms with van der Waals surface area (Å²) in [5.41, 5.74) is 4.78. The Balaban J connectivity index is 1.25. The molecule has 3 aromatic rings. The first-order valence-electron chi connectivity index (χ1n) is 10.4. The molecule has 1 N–H and O–H groups in total. The maximum Gasteiger partial charge on any atom is 0.267 e. The molecule has 1 saturated heterocycles. The molecule has 1 fully saturated rings. The Hall–Kier alpha value is -3.50. The van der Waals surface area contributed by atoms with Crippen molar-refractivity contribution in [2.45, 2.75) is 32.0 Å². The largest absolute Gasteiger partial charge is 0.494 e. The highest BCUT2D eigenvalue weighted by molar-refractivity contribution is 6.30. The molecule has 0 spiro atoms. The average Bonchev–Trinajstić information content (AvgIpc) is 3.46. The monoisotopic (exact) mass is 470 g/mol. The first-order valence-corrected chi connectivity index (χ1v) is 10.8. The SMILES string of the molecule is CCOc1ccc(C2CC3C(=O)N(Cc4nc(-c5ccc(Cl)c(F)c5)no4)N=CN3N2)cc1. The summed E-state index contributed by atoms with van der Waals surface area (Å²) >= 11 is 5.72. The number of hydrogen-bond donors (Lipinski definition) is 1. The summed E-state index contributed by atoms with van der Waals surface area (Å²) in [7, 11) is 0. The Bertz CT molecular complexity index is 1200. The van der Waals surface area contributed by atoms with Crippen molar-refractivity contribution >= 4 is 23.8 Å². The summed E-state index contributed by atoms with van der Waals surface area (Å²) in [5.74, 6) is 0.436. The highest BCUT2D eigenvalue weighted by Gasteiger charge is 2.41. The maximum absolute atomic E-state index is 13.7. The summed E-state index contributed by atoms with van der Waals surface area (Å²) in [5, 5.41) is 11.1. The molecule has 170 valence electrons. The summed E-state index contributed by atoms with van der Waals surface area (Å²) < 4.78 is 24.5. The maximum atomic E-state index is 13.7. The summed E-state index contributed by atoms with van der Waals surface area (Å²) in [6, 6.07) is 11.6. The summed E-state index contributed by atoms with van der Waals surface area (Å²) in [6.07, 6.45) is 2.15. The van der Waals surface area contributed by atoms with Crippen molar-refractivity contribution in [1.29, 1.82) is 0 Å². The molecule has 33 heavy (non-hydrogen) atoms. The third-order valence-corrected chi connectivity index (χ3v) is 5.79. The predicted octanol–water partition coefficient (Wildman–Crippen LogP) is 3.53. The van der Waals surface area contributed by atoms with E-state index in [4.69, 9.17) is 20.9 Å². The van der Waals surface area contributed by atoms with Crippen LogP contribution in [0.4, 0.5) is 4.39 Å². The lowest BCUT2D eigenvalue weighted by atomic mass is 10.0. The lowest BCUT2D eigenvalue weighted by molar-refractivity contribution is -0.137. The second-order valence-electron chi connectivity index (χ2n) is 7.61. The molecule has 0 aliphatic carbocycles. The molecule has 0 bridgehead atoms. The van der Waals surface area contributed by atoms with Gasteiger partial charge in [-0.3, -0.25) is 9.80 Å². The van der Waals surface area contributed by atoms with Crippen LogP contribution >= 0.6 is 11.6 Å². The van der Waals surface area contributed by atoms with Gasteiger partial charge in [-0.15, -0.1) is 0 Å². The number of aromatic nitrogens is 2. The van der Waals surface area contributed by atoms with E-state index in [0.29, 0.717) is 18.6 Å². The van der Waals surface area contributed by atoms with Gasteiger partial charge < -0.3 is 9.26 Å². The molecular weight excluding hydrogens is 451 g/mol. The summed E-state index contributed by atoms with van der Waals surface area (Å²) in [4.78, 5) is 17.3. The van der Waals surface area contributed by atoms with Gasteiger partial charge in [-0.05, 0) is 49.2 Å². The van der Waals surface area contributed by atoms with Crippen molar-refractivity contribution in [3.63, 3.8) is 0 Å². The first-order chi connectivity index (χ1) is 16.0. The fourth-order valence-corrected chi connectivity index (χ4v) is 3.95. The Morgan fingerprint density at radius 1 is 1.27 bits per heavy atom. The van der Waals surface area contributed by atoms with Crippen LogP contribution in [0, 0.1) is 5.82 Å². The van der Waals surface area contributed by atoms with Crippen LogP contribution in [0.2, 0.25) is 5.02 Å². The standard InChI is InChI=1S/C22H20ClFN6O3/c1-2-32-15-6-3-13(4-7-15)18-10-19-22(31)29(25-12-30(19)27-18)11-20-26-21(28-33-20)14-5-8-16(23)17(24)9-14/h3-9,12,18-19,27H,2,10-11H2,1H3. The molecule has 5 rings (SSSR count). The number of carbonyl (C=O) groups is 1. The number of nitrogens with zero attached hydrogens (tertiary/aromatic N) is 5. The van der Waals surface area contributed by atoms with Gasteiger partial charge in [-0.2, -0.15) is 10.1 Å². The van der Waals surface area contributed by atoms with Gasteiger partial charge >= 0.3 is 0 Å². The number of benzene rings is 2. The molecule has 2 atom stereocenters. The molecule has 2 aliphatic heterocycles. The molecule has 2 aromatic carbocycles. The van der Waals surface area contributed by atoms with E-state index in [9.17, 15) is 9.18 Å². The van der Waals surface area contributed by atoms with Crippen LogP contribution < -0.4 is 10.2 Å². The quantitative estimate of drug-likeness (QED) is 0.588. The fraction of sp³-hybridized carbons (Fsp3) is 0.273. The van der Waals surface area contributed by atoms with E-state index in [0.717, 1.165) is 11.3 Å². The Labute approximate surface area is 193 Å². The number of fused-ring (bicyclic) bond motifs is 1. The minimum absolute atomic E-state index is 0.00832. The zero-order valence-corrected chi connectivity index (χ0v) is 18.4. The third-order valence-electron chi connectivity index (χ3n) is 5.48. The van der Waals surface area contributed by atoms with Gasteiger partial charge in [0.1, 0.15) is 30.5 Å². The minimum atomic E-state index is -0.577. The fourth-order valence-electron chi connectivity index (χ4n) is 3.83. The van der Waals surface area contributed by atoms with Crippen LogP contribution in [0.25, 0.3) is 11.4 Å².